The topological polar surface area (TPSA) is 12.0 Å². The quantitative estimate of drug-likeness (QED) is 0.253. The van der Waals surface area contributed by atoms with Crippen LogP contribution in [0.1, 0.15) is 0 Å². The number of fused-ring (bicyclic) bond motifs is 5. The molecule has 34 heavy (non-hydrogen) atoms. The zero-order chi connectivity index (χ0) is 22.6. The lowest BCUT2D eigenvalue weighted by Gasteiger charge is -2.05. The monoisotopic (exact) mass is 471 g/mol. The molecular formula is C31H21NS2. The Morgan fingerprint density at radius 2 is 1.03 bits per heavy atom. The van der Waals surface area contributed by atoms with Gasteiger partial charge in [0.15, 0.2) is 0 Å². The fourth-order valence-electron chi connectivity index (χ4n) is 4.82. The number of thiophene rings is 2. The van der Waals surface area contributed by atoms with Crippen molar-refractivity contribution in [2.45, 2.75) is 0 Å². The predicted molar refractivity (Wildman–Crippen MR) is 153 cm³/mol. The highest BCUT2D eigenvalue weighted by atomic mass is 32.1. The molecule has 1 N–H and O–H groups in total. The molecular weight excluding hydrogens is 450 g/mol. The molecule has 0 unspecified atom stereocenters. The molecule has 7 rings (SSSR count). The van der Waals surface area contributed by atoms with Crippen LogP contribution in [0.2, 0.25) is 0 Å². The van der Waals surface area contributed by atoms with E-state index in [1.807, 2.05) is 29.7 Å². The number of hydrogen-bond acceptors (Lipinski definition) is 3. The fraction of sp³-hybridized carbons (Fsp3) is 0.0323. The molecule has 2 heterocycles. The Labute approximate surface area is 205 Å². The van der Waals surface area contributed by atoms with Crippen LogP contribution in [0.15, 0.2) is 103 Å². The van der Waals surface area contributed by atoms with Gasteiger partial charge in [-0.05, 0) is 92.0 Å². The van der Waals surface area contributed by atoms with E-state index in [1.54, 1.807) is 0 Å². The molecule has 162 valence electrons. The van der Waals surface area contributed by atoms with Crippen LogP contribution in [0, 0.1) is 0 Å². The summed E-state index contributed by atoms with van der Waals surface area (Å²) in [6.45, 7) is 0. The number of anilines is 1. The van der Waals surface area contributed by atoms with Gasteiger partial charge in [0, 0.05) is 31.9 Å². The van der Waals surface area contributed by atoms with Gasteiger partial charge in [-0.2, -0.15) is 0 Å². The van der Waals surface area contributed by atoms with Gasteiger partial charge in [-0.25, -0.2) is 0 Å². The molecule has 0 bridgehead atoms. The van der Waals surface area contributed by atoms with Crippen LogP contribution >= 0.6 is 22.7 Å². The second kappa shape index (κ2) is 7.69. The third kappa shape index (κ3) is 3.20. The van der Waals surface area contributed by atoms with Gasteiger partial charge in [-0.1, -0.05) is 54.6 Å². The van der Waals surface area contributed by atoms with E-state index in [9.17, 15) is 0 Å². The predicted octanol–water partition coefficient (Wildman–Crippen LogP) is 9.80. The highest BCUT2D eigenvalue weighted by Gasteiger charge is 2.11. The van der Waals surface area contributed by atoms with Crippen LogP contribution in [0.3, 0.4) is 0 Å². The van der Waals surface area contributed by atoms with Crippen molar-refractivity contribution in [3.63, 3.8) is 0 Å². The molecule has 0 aliphatic rings. The largest absolute Gasteiger partial charge is 0.388 e. The zero-order valence-electron chi connectivity index (χ0n) is 18.6. The van der Waals surface area contributed by atoms with E-state index in [4.69, 9.17) is 0 Å². The summed E-state index contributed by atoms with van der Waals surface area (Å²) in [6, 6.07) is 38.0. The Balaban J connectivity index is 1.40. The van der Waals surface area contributed by atoms with Crippen molar-refractivity contribution in [2.75, 3.05) is 12.4 Å². The highest BCUT2D eigenvalue weighted by molar-refractivity contribution is 7.22. The Morgan fingerprint density at radius 3 is 1.56 bits per heavy atom. The highest BCUT2D eigenvalue weighted by Crippen LogP contribution is 2.40. The molecule has 0 aliphatic carbocycles. The van der Waals surface area contributed by atoms with Gasteiger partial charge in [0.2, 0.25) is 0 Å². The van der Waals surface area contributed by atoms with Crippen LogP contribution in [0.5, 0.6) is 0 Å². The second-order valence-electron chi connectivity index (χ2n) is 8.70. The summed E-state index contributed by atoms with van der Waals surface area (Å²) in [4.78, 5) is 2.63. The molecule has 0 spiro atoms. The van der Waals surface area contributed by atoms with E-state index in [-0.39, 0.29) is 0 Å². The maximum Gasteiger partial charge on any atom is 0.0355 e. The third-order valence-electron chi connectivity index (χ3n) is 6.63. The molecule has 0 amide bonds. The maximum atomic E-state index is 3.20. The normalized spacial score (nSPS) is 11.7. The molecule has 3 heteroatoms. The summed E-state index contributed by atoms with van der Waals surface area (Å²) < 4.78 is 2.68. The summed E-state index contributed by atoms with van der Waals surface area (Å²) in [5, 5.41) is 11.1. The van der Waals surface area contributed by atoms with Gasteiger partial charge < -0.3 is 5.32 Å². The number of nitrogens with one attached hydrogen (secondary N) is 1. The van der Waals surface area contributed by atoms with Crippen molar-refractivity contribution >= 4 is 70.1 Å². The van der Waals surface area contributed by atoms with Gasteiger partial charge in [0.1, 0.15) is 0 Å². The average molecular weight is 472 g/mol. The van der Waals surface area contributed by atoms with Crippen LogP contribution < -0.4 is 5.32 Å². The smallest absolute Gasteiger partial charge is 0.0355 e. The van der Waals surface area contributed by atoms with E-state index in [0.29, 0.717) is 0 Å². The molecule has 1 nitrogen and oxygen atoms in total. The summed E-state index contributed by atoms with van der Waals surface area (Å²) in [5.74, 6) is 0. The summed E-state index contributed by atoms with van der Waals surface area (Å²) >= 11 is 3.75. The Bertz CT molecular complexity index is 1820. The zero-order valence-corrected chi connectivity index (χ0v) is 20.3. The molecule has 0 atom stereocenters. The van der Waals surface area contributed by atoms with E-state index >= 15 is 0 Å². The first-order valence-corrected chi connectivity index (χ1v) is 13.1. The maximum absolute atomic E-state index is 3.20. The number of benzene rings is 5. The fourth-order valence-corrected chi connectivity index (χ4v) is 7.00. The first kappa shape index (κ1) is 19.8. The van der Waals surface area contributed by atoms with E-state index in [1.165, 1.54) is 62.6 Å². The molecule has 0 saturated carbocycles. The molecule has 2 aromatic heterocycles. The number of rotatable bonds is 3. The Morgan fingerprint density at radius 1 is 0.500 bits per heavy atom. The molecule has 0 aliphatic heterocycles. The lowest BCUT2D eigenvalue weighted by atomic mass is 9.99. The summed E-state index contributed by atoms with van der Waals surface area (Å²) in [7, 11) is 1.96. The van der Waals surface area contributed by atoms with Gasteiger partial charge in [-0.15, -0.1) is 22.7 Å². The van der Waals surface area contributed by atoms with Crippen molar-refractivity contribution < 1.29 is 0 Å². The molecule has 0 radical (unpaired) electrons. The van der Waals surface area contributed by atoms with Crippen molar-refractivity contribution in [3.8, 4) is 20.9 Å². The molecule has 5 aromatic carbocycles. The van der Waals surface area contributed by atoms with Crippen LogP contribution in [-0.4, -0.2) is 7.05 Å². The number of hydrogen-bond donors (Lipinski definition) is 1. The van der Waals surface area contributed by atoms with Crippen molar-refractivity contribution in [3.05, 3.63) is 103 Å². The lowest BCUT2D eigenvalue weighted by Crippen LogP contribution is -1.86. The van der Waals surface area contributed by atoms with Crippen LogP contribution in [-0.2, 0) is 0 Å². The molecule has 0 fully saturated rings. The minimum atomic E-state index is 1.14. The summed E-state index contributed by atoms with van der Waals surface area (Å²) in [6.07, 6.45) is 0. The van der Waals surface area contributed by atoms with Gasteiger partial charge in [0.05, 0.1) is 0 Å². The minimum Gasteiger partial charge on any atom is -0.388 e. The minimum absolute atomic E-state index is 1.14. The Hall–Kier alpha value is -3.66. The summed E-state index contributed by atoms with van der Waals surface area (Å²) in [5.41, 5.74) is 3.69. The van der Waals surface area contributed by atoms with Gasteiger partial charge in [-0.3, -0.25) is 0 Å². The van der Waals surface area contributed by atoms with Gasteiger partial charge in [0.25, 0.3) is 0 Å². The van der Waals surface area contributed by atoms with Gasteiger partial charge >= 0.3 is 0 Å². The van der Waals surface area contributed by atoms with Crippen molar-refractivity contribution in [2.24, 2.45) is 0 Å². The average Bonchev–Trinajstić information content (AvgIpc) is 3.50. The van der Waals surface area contributed by atoms with Crippen molar-refractivity contribution in [1.29, 1.82) is 0 Å². The Kier molecular flexibility index (Phi) is 4.48. The molecule has 7 aromatic rings. The first-order valence-electron chi connectivity index (χ1n) is 11.4. The third-order valence-corrected chi connectivity index (χ3v) is 8.92. The second-order valence-corrected chi connectivity index (χ2v) is 10.9. The standard InChI is InChI=1S/C31H21NS2/c1-32-25-11-9-20(10-12-25)29-16-24-14-22-8-7-21-13-23-15-28(19-5-3-2-4-6-19)33-30(23)17-26(21)27(22)18-31(24)34-29/h2-18,32H,1H3. The SMILES string of the molecule is CNc1ccc(-c2cc3cc4ccc5cc6cc(-c7ccccc7)sc6cc5c4cc3s2)cc1. The van der Waals surface area contributed by atoms with E-state index < -0.39 is 0 Å². The lowest BCUT2D eigenvalue weighted by molar-refractivity contribution is 1.52. The van der Waals surface area contributed by atoms with E-state index in [2.05, 4.69) is 108 Å². The first-order chi connectivity index (χ1) is 16.7. The van der Waals surface area contributed by atoms with Crippen LogP contribution in [0.25, 0.3) is 62.6 Å². The molecule has 0 saturated heterocycles. The van der Waals surface area contributed by atoms with Crippen LogP contribution in [0.4, 0.5) is 5.69 Å². The van der Waals surface area contributed by atoms with E-state index in [0.717, 1.165) is 5.69 Å². The van der Waals surface area contributed by atoms with Crippen molar-refractivity contribution in [1.82, 2.24) is 0 Å².